The van der Waals surface area contributed by atoms with Crippen LogP contribution in [0.15, 0.2) is 48.5 Å². The third-order valence-corrected chi connectivity index (χ3v) is 3.67. The number of hydrogen-bond donors (Lipinski definition) is 0. The molecule has 2 aromatic carbocycles. The number of hydrogen-bond acceptors (Lipinski definition) is 3. The van der Waals surface area contributed by atoms with Crippen molar-refractivity contribution in [1.29, 1.82) is 0 Å². The fraction of sp³-hybridized carbons (Fsp3) is 0.294. The second-order valence-corrected chi connectivity index (χ2v) is 4.95. The highest BCUT2D eigenvalue weighted by Gasteiger charge is 2.32. The van der Waals surface area contributed by atoms with Crippen molar-refractivity contribution >= 4 is 0 Å². The van der Waals surface area contributed by atoms with E-state index in [2.05, 4.69) is 36.4 Å². The number of ether oxygens (including phenoxy) is 3. The quantitative estimate of drug-likeness (QED) is 0.853. The van der Waals surface area contributed by atoms with Crippen LogP contribution in [0.25, 0.3) is 11.1 Å². The Morgan fingerprint density at radius 3 is 1.85 bits per heavy atom. The lowest BCUT2D eigenvalue weighted by atomic mass is 10.0. The Morgan fingerprint density at radius 2 is 1.35 bits per heavy atom. The van der Waals surface area contributed by atoms with Crippen molar-refractivity contribution in [3.05, 3.63) is 54.1 Å². The summed E-state index contributed by atoms with van der Waals surface area (Å²) in [5.41, 5.74) is 3.38. The van der Waals surface area contributed by atoms with Crippen LogP contribution in [0.5, 0.6) is 5.75 Å². The van der Waals surface area contributed by atoms with E-state index < -0.39 is 5.79 Å². The monoisotopic (exact) mass is 270 g/mol. The van der Waals surface area contributed by atoms with Gasteiger partial charge in [-0.2, -0.15) is 0 Å². The van der Waals surface area contributed by atoms with Crippen LogP contribution in [0.3, 0.4) is 0 Å². The summed E-state index contributed by atoms with van der Waals surface area (Å²) in [6.45, 7) is 3.26. The molecule has 0 atom stereocenters. The van der Waals surface area contributed by atoms with Gasteiger partial charge in [0.25, 0.3) is 0 Å². The third-order valence-electron chi connectivity index (χ3n) is 3.67. The first-order valence-corrected chi connectivity index (χ1v) is 6.74. The van der Waals surface area contributed by atoms with Crippen molar-refractivity contribution in [2.45, 2.75) is 12.7 Å². The molecule has 0 saturated carbocycles. The van der Waals surface area contributed by atoms with Crippen LogP contribution in [0.1, 0.15) is 12.5 Å². The van der Waals surface area contributed by atoms with Gasteiger partial charge in [0.2, 0.25) is 0 Å². The molecule has 0 aliphatic carbocycles. The maximum absolute atomic E-state index is 5.66. The van der Waals surface area contributed by atoms with Gasteiger partial charge in [-0.3, -0.25) is 0 Å². The van der Waals surface area contributed by atoms with E-state index in [0.717, 1.165) is 22.4 Å². The largest absolute Gasteiger partial charge is 0.497 e. The molecular formula is C17H18O3. The van der Waals surface area contributed by atoms with Crippen LogP contribution in [-0.4, -0.2) is 20.3 Å². The van der Waals surface area contributed by atoms with E-state index in [-0.39, 0.29) is 0 Å². The Balaban J connectivity index is 1.85. The zero-order valence-corrected chi connectivity index (χ0v) is 11.8. The first-order chi connectivity index (χ1) is 9.71. The molecule has 0 unspecified atom stereocenters. The predicted octanol–water partition coefficient (Wildman–Crippen LogP) is 3.58. The van der Waals surface area contributed by atoms with Gasteiger partial charge in [0.1, 0.15) is 5.75 Å². The fourth-order valence-electron chi connectivity index (χ4n) is 2.43. The zero-order valence-electron chi connectivity index (χ0n) is 11.8. The second kappa shape index (κ2) is 5.27. The smallest absolute Gasteiger partial charge is 0.192 e. The second-order valence-electron chi connectivity index (χ2n) is 4.95. The number of rotatable bonds is 3. The predicted molar refractivity (Wildman–Crippen MR) is 77.7 cm³/mol. The zero-order chi connectivity index (χ0) is 14.0. The van der Waals surface area contributed by atoms with E-state index in [1.807, 2.05) is 19.1 Å². The molecule has 0 N–H and O–H groups in total. The van der Waals surface area contributed by atoms with Crippen LogP contribution in [0, 0.1) is 0 Å². The molecule has 3 heteroatoms. The Kier molecular flexibility index (Phi) is 3.47. The molecule has 1 aliphatic rings. The van der Waals surface area contributed by atoms with Crippen LogP contribution < -0.4 is 4.74 Å². The maximum Gasteiger partial charge on any atom is 0.192 e. The number of methoxy groups -OCH3 is 1. The molecule has 1 heterocycles. The summed E-state index contributed by atoms with van der Waals surface area (Å²) in [6, 6.07) is 16.3. The van der Waals surface area contributed by atoms with Gasteiger partial charge in [-0.25, -0.2) is 0 Å². The summed E-state index contributed by atoms with van der Waals surface area (Å²) in [5, 5.41) is 0. The maximum atomic E-state index is 5.66. The summed E-state index contributed by atoms with van der Waals surface area (Å²) in [7, 11) is 1.67. The van der Waals surface area contributed by atoms with Gasteiger partial charge in [0, 0.05) is 5.56 Å². The highest BCUT2D eigenvalue weighted by Crippen LogP contribution is 2.32. The molecule has 1 saturated heterocycles. The van der Waals surface area contributed by atoms with E-state index in [1.54, 1.807) is 7.11 Å². The molecule has 0 spiro atoms. The lowest BCUT2D eigenvalue weighted by Crippen LogP contribution is -2.22. The lowest BCUT2D eigenvalue weighted by Gasteiger charge is -2.22. The van der Waals surface area contributed by atoms with Crippen molar-refractivity contribution in [2.75, 3.05) is 20.3 Å². The van der Waals surface area contributed by atoms with Crippen LogP contribution in [-0.2, 0) is 15.3 Å². The van der Waals surface area contributed by atoms with Crippen LogP contribution in [0.4, 0.5) is 0 Å². The molecule has 0 amide bonds. The average Bonchev–Trinajstić information content (AvgIpc) is 2.96. The minimum atomic E-state index is -0.599. The fourth-order valence-corrected chi connectivity index (χ4v) is 2.43. The molecular weight excluding hydrogens is 252 g/mol. The Hall–Kier alpha value is -1.84. The van der Waals surface area contributed by atoms with Gasteiger partial charge in [0.15, 0.2) is 5.79 Å². The topological polar surface area (TPSA) is 27.7 Å². The average molecular weight is 270 g/mol. The SMILES string of the molecule is COc1ccc(-c2ccc(C3(C)OCCO3)cc2)cc1. The number of benzene rings is 2. The summed E-state index contributed by atoms with van der Waals surface area (Å²) in [5.74, 6) is 0.268. The van der Waals surface area contributed by atoms with Crippen LogP contribution in [0.2, 0.25) is 0 Å². The minimum Gasteiger partial charge on any atom is -0.497 e. The first-order valence-electron chi connectivity index (χ1n) is 6.74. The first kappa shape index (κ1) is 13.2. The third kappa shape index (κ3) is 2.42. The Labute approximate surface area is 119 Å². The van der Waals surface area contributed by atoms with Gasteiger partial charge < -0.3 is 14.2 Å². The van der Waals surface area contributed by atoms with E-state index >= 15 is 0 Å². The Morgan fingerprint density at radius 1 is 0.850 bits per heavy atom. The molecule has 20 heavy (non-hydrogen) atoms. The van der Waals surface area contributed by atoms with Crippen molar-refractivity contribution in [3.8, 4) is 16.9 Å². The van der Waals surface area contributed by atoms with E-state index in [4.69, 9.17) is 14.2 Å². The summed E-state index contributed by atoms with van der Waals surface area (Å²) in [6.07, 6.45) is 0. The van der Waals surface area contributed by atoms with Gasteiger partial charge in [-0.15, -0.1) is 0 Å². The highest BCUT2D eigenvalue weighted by atomic mass is 16.7. The molecule has 104 valence electrons. The van der Waals surface area contributed by atoms with E-state index in [9.17, 15) is 0 Å². The van der Waals surface area contributed by atoms with Crippen molar-refractivity contribution in [2.24, 2.45) is 0 Å². The van der Waals surface area contributed by atoms with Gasteiger partial charge in [-0.1, -0.05) is 36.4 Å². The molecule has 0 radical (unpaired) electrons. The van der Waals surface area contributed by atoms with Gasteiger partial charge >= 0.3 is 0 Å². The van der Waals surface area contributed by atoms with E-state index in [0.29, 0.717) is 13.2 Å². The summed E-state index contributed by atoms with van der Waals surface area (Å²) < 4.78 is 16.5. The minimum absolute atomic E-state index is 0.599. The van der Waals surface area contributed by atoms with Gasteiger partial charge in [0.05, 0.1) is 20.3 Å². The molecule has 3 rings (SSSR count). The standard InChI is InChI=1S/C17H18O3/c1-17(19-11-12-20-17)15-7-3-13(4-8-15)14-5-9-16(18-2)10-6-14/h3-10H,11-12H2,1-2H3. The Bertz CT molecular complexity index is 566. The van der Waals surface area contributed by atoms with Gasteiger partial charge in [-0.05, 0) is 30.2 Å². The molecule has 2 aromatic rings. The lowest BCUT2D eigenvalue weighted by molar-refractivity contribution is -0.149. The summed E-state index contributed by atoms with van der Waals surface area (Å²) in [4.78, 5) is 0. The molecule has 0 bridgehead atoms. The molecule has 1 fully saturated rings. The van der Waals surface area contributed by atoms with Crippen molar-refractivity contribution < 1.29 is 14.2 Å². The molecule has 0 aromatic heterocycles. The summed E-state index contributed by atoms with van der Waals surface area (Å²) >= 11 is 0. The highest BCUT2D eigenvalue weighted by molar-refractivity contribution is 5.64. The normalized spacial score (nSPS) is 17.1. The molecule has 3 nitrogen and oxygen atoms in total. The molecule has 1 aliphatic heterocycles. The van der Waals surface area contributed by atoms with Crippen LogP contribution >= 0.6 is 0 Å². The van der Waals surface area contributed by atoms with E-state index in [1.165, 1.54) is 0 Å². The van der Waals surface area contributed by atoms with Crippen molar-refractivity contribution in [3.63, 3.8) is 0 Å². The van der Waals surface area contributed by atoms with Crippen molar-refractivity contribution in [1.82, 2.24) is 0 Å².